The van der Waals surface area contributed by atoms with E-state index < -0.39 is 18.1 Å². The van der Waals surface area contributed by atoms with Crippen molar-refractivity contribution >= 4 is 34.4 Å². The van der Waals surface area contributed by atoms with Gasteiger partial charge in [-0.25, -0.2) is 4.98 Å². The minimum absolute atomic E-state index is 0.0940. The molecule has 1 saturated heterocycles. The Bertz CT molecular complexity index is 2030. The second-order valence-corrected chi connectivity index (χ2v) is 14.2. The van der Waals surface area contributed by atoms with Crippen LogP contribution in [0.1, 0.15) is 49.3 Å². The summed E-state index contributed by atoms with van der Waals surface area (Å²) in [5.41, 5.74) is 11.9. The van der Waals surface area contributed by atoms with E-state index in [4.69, 9.17) is 29.2 Å². The lowest BCUT2D eigenvalue weighted by atomic mass is 9.95. The van der Waals surface area contributed by atoms with Gasteiger partial charge >= 0.3 is 5.97 Å². The van der Waals surface area contributed by atoms with E-state index in [-0.39, 0.29) is 24.7 Å². The largest absolute Gasteiger partial charge is 0.491 e. The van der Waals surface area contributed by atoms with Gasteiger partial charge in [0, 0.05) is 42.5 Å². The summed E-state index contributed by atoms with van der Waals surface area (Å²) in [6.45, 7) is 7.06. The van der Waals surface area contributed by atoms with E-state index in [1.807, 2.05) is 79.7 Å². The number of aromatic nitrogens is 1. The third-order valence-corrected chi connectivity index (χ3v) is 9.87. The summed E-state index contributed by atoms with van der Waals surface area (Å²) in [4.78, 5) is 47.3. The van der Waals surface area contributed by atoms with Crippen LogP contribution in [-0.2, 0) is 33.3 Å². The quantitative estimate of drug-likeness (QED) is 0.0257. The van der Waals surface area contributed by atoms with Crippen LogP contribution in [0.3, 0.4) is 0 Å². The molecule has 0 aliphatic carbocycles. The molecule has 0 spiro atoms. The monoisotopic (exact) mass is 825 g/mol. The van der Waals surface area contributed by atoms with Gasteiger partial charge < -0.3 is 44.3 Å². The average molecular weight is 826 g/mol. The summed E-state index contributed by atoms with van der Waals surface area (Å²) in [5, 5.41) is 21.3. The number of pyridine rings is 1. The highest BCUT2D eigenvalue weighted by Gasteiger charge is 2.35. The number of anilines is 1. The molecule has 4 aromatic rings. The Morgan fingerprint density at radius 1 is 0.900 bits per heavy atom. The molecule has 2 atom stereocenters. The van der Waals surface area contributed by atoms with E-state index in [0.29, 0.717) is 104 Å². The Balaban J connectivity index is 1.08. The first-order valence-corrected chi connectivity index (χ1v) is 20.4. The summed E-state index contributed by atoms with van der Waals surface area (Å²) in [5.74, 6) is 0.00123. The Kier molecular flexibility index (Phi) is 18.9. The number of likely N-dealkylation sites (tertiary alicyclic amines) is 1. The first kappa shape index (κ1) is 45.3. The first-order chi connectivity index (χ1) is 29.3. The van der Waals surface area contributed by atoms with Crippen LogP contribution in [0.25, 0.3) is 32.3 Å². The standard InChI is InChI=1S/C44H55N7O9/c1-32-16-18-47-41(30-32)46-17-4-9-42(52)51-20-5-8-39(51)44(55)49-38(31-43(53)54)34-12-10-33(11-13-34)35-14-15-40(37-7-3-2-6-36(35)37)60-29-28-59-27-26-58-25-24-57-23-22-56-21-19-48-50-45/h2-3,6-7,10-16,18,30,38-39H,4-5,8-9,17,19-29,31H2,1H3,(H,46,47)(H,49,55)(H,53,54)/t38-,39+/m0/s1. The van der Waals surface area contributed by atoms with Gasteiger partial charge in [-0.15, -0.1) is 0 Å². The van der Waals surface area contributed by atoms with Crippen LogP contribution in [0, 0.1) is 6.92 Å². The van der Waals surface area contributed by atoms with Gasteiger partial charge in [-0.1, -0.05) is 59.7 Å². The molecule has 1 aromatic heterocycles. The number of hydrogen-bond acceptors (Lipinski definition) is 11. The van der Waals surface area contributed by atoms with Crippen molar-refractivity contribution in [3.05, 3.63) is 101 Å². The molecule has 0 radical (unpaired) electrons. The van der Waals surface area contributed by atoms with Crippen molar-refractivity contribution in [1.82, 2.24) is 15.2 Å². The normalized spacial score (nSPS) is 14.1. The van der Waals surface area contributed by atoms with Crippen molar-refractivity contribution in [3.63, 3.8) is 0 Å². The zero-order valence-corrected chi connectivity index (χ0v) is 34.1. The fraction of sp³-hybridized carbons (Fsp3) is 0.455. The van der Waals surface area contributed by atoms with E-state index in [0.717, 1.165) is 39.0 Å². The number of carboxylic acid groups (broad SMARTS) is 1. The summed E-state index contributed by atoms with van der Waals surface area (Å²) >= 11 is 0. The van der Waals surface area contributed by atoms with E-state index in [9.17, 15) is 19.5 Å². The Morgan fingerprint density at radius 3 is 2.27 bits per heavy atom. The minimum Gasteiger partial charge on any atom is -0.491 e. The summed E-state index contributed by atoms with van der Waals surface area (Å²) in [7, 11) is 0. The molecule has 0 unspecified atom stereocenters. The van der Waals surface area contributed by atoms with E-state index in [1.165, 1.54) is 0 Å². The Hall–Kier alpha value is -5.77. The number of nitrogens with zero attached hydrogens (tertiary/aromatic N) is 5. The molecule has 5 rings (SSSR count). The number of nitrogens with one attached hydrogen (secondary N) is 2. The van der Waals surface area contributed by atoms with Crippen LogP contribution in [0.15, 0.2) is 84.1 Å². The minimum atomic E-state index is -1.04. The van der Waals surface area contributed by atoms with Crippen molar-refractivity contribution in [1.29, 1.82) is 0 Å². The number of fused-ring (bicyclic) bond motifs is 1. The molecule has 1 aliphatic rings. The number of hydrogen-bond donors (Lipinski definition) is 3. The lowest BCUT2D eigenvalue weighted by Crippen LogP contribution is -2.47. The molecule has 2 heterocycles. The van der Waals surface area contributed by atoms with Crippen LogP contribution in [0.4, 0.5) is 5.82 Å². The predicted octanol–water partition coefficient (Wildman–Crippen LogP) is 6.48. The number of azide groups is 1. The molecule has 16 heteroatoms. The van der Waals surface area contributed by atoms with E-state index in [1.54, 1.807) is 11.1 Å². The Labute approximate surface area is 350 Å². The predicted molar refractivity (Wildman–Crippen MR) is 227 cm³/mol. The van der Waals surface area contributed by atoms with Crippen molar-refractivity contribution in [2.75, 3.05) is 84.4 Å². The molecule has 1 fully saturated rings. The number of aryl methyl sites for hydroxylation is 1. The van der Waals surface area contributed by atoms with Gasteiger partial charge in [-0.3, -0.25) is 14.4 Å². The maximum Gasteiger partial charge on any atom is 0.305 e. The van der Waals surface area contributed by atoms with E-state index in [2.05, 4.69) is 25.6 Å². The smallest absolute Gasteiger partial charge is 0.305 e. The highest BCUT2D eigenvalue weighted by Crippen LogP contribution is 2.35. The summed E-state index contributed by atoms with van der Waals surface area (Å²) in [6.07, 6.45) is 3.54. The number of aliphatic carboxylic acids is 1. The number of amides is 2. The maximum absolute atomic E-state index is 13.6. The molecule has 16 nitrogen and oxygen atoms in total. The average Bonchev–Trinajstić information content (AvgIpc) is 3.76. The number of carbonyl (C=O) groups is 3. The SMILES string of the molecule is Cc1ccnc(NCCCC(=O)N2CCC[C@@H]2C(=O)N[C@@H](CC(=O)O)c2ccc(-c3ccc(OCCOCCOCCOCCOCCN=[N+]=[N-])c4ccccc34)cc2)c1. The van der Waals surface area contributed by atoms with Gasteiger partial charge in [0.2, 0.25) is 11.8 Å². The molecular formula is C44H55N7O9. The number of carbonyl (C=O) groups excluding carboxylic acids is 2. The number of ether oxygens (including phenoxy) is 5. The van der Waals surface area contributed by atoms with E-state index >= 15 is 0 Å². The molecule has 0 saturated carbocycles. The van der Waals surface area contributed by atoms with Crippen LogP contribution in [-0.4, -0.2) is 118 Å². The van der Waals surface area contributed by atoms with Crippen LogP contribution in [0.2, 0.25) is 0 Å². The number of benzene rings is 3. The van der Waals surface area contributed by atoms with Gasteiger partial charge in [-0.05, 0) is 77.6 Å². The fourth-order valence-corrected chi connectivity index (χ4v) is 6.93. The van der Waals surface area contributed by atoms with Crippen LogP contribution >= 0.6 is 0 Å². The highest BCUT2D eigenvalue weighted by molar-refractivity contribution is 6.00. The van der Waals surface area contributed by atoms with Gasteiger partial charge in [0.15, 0.2) is 0 Å². The van der Waals surface area contributed by atoms with Crippen molar-refractivity contribution in [3.8, 4) is 16.9 Å². The first-order valence-electron chi connectivity index (χ1n) is 20.4. The topological polar surface area (TPSA) is 207 Å². The van der Waals surface area contributed by atoms with Crippen molar-refractivity contribution in [2.24, 2.45) is 5.11 Å². The molecule has 0 bridgehead atoms. The van der Waals surface area contributed by atoms with Gasteiger partial charge in [0.05, 0.1) is 65.3 Å². The molecule has 3 aromatic carbocycles. The van der Waals surface area contributed by atoms with Crippen LogP contribution in [0.5, 0.6) is 5.75 Å². The second kappa shape index (κ2) is 25.0. The molecule has 60 heavy (non-hydrogen) atoms. The van der Waals surface area contributed by atoms with Crippen LogP contribution < -0.4 is 15.4 Å². The molecule has 2 amide bonds. The van der Waals surface area contributed by atoms with Gasteiger partial charge in [0.25, 0.3) is 0 Å². The lowest BCUT2D eigenvalue weighted by Gasteiger charge is -2.26. The summed E-state index contributed by atoms with van der Waals surface area (Å²) in [6, 6.07) is 21.9. The molecule has 320 valence electrons. The number of rotatable bonds is 27. The molecule has 3 N–H and O–H groups in total. The zero-order chi connectivity index (χ0) is 42.4. The fourth-order valence-electron chi connectivity index (χ4n) is 6.93. The van der Waals surface area contributed by atoms with Gasteiger partial charge in [0.1, 0.15) is 24.2 Å². The van der Waals surface area contributed by atoms with Crippen molar-refractivity contribution < 1.29 is 43.2 Å². The third kappa shape index (κ3) is 14.5. The highest BCUT2D eigenvalue weighted by atomic mass is 16.6. The zero-order valence-electron chi connectivity index (χ0n) is 34.1. The van der Waals surface area contributed by atoms with Gasteiger partial charge in [-0.2, -0.15) is 0 Å². The summed E-state index contributed by atoms with van der Waals surface area (Å²) < 4.78 is 28.0. The lowest BCUT2D eigenvalue weighted by molar-refractivity contribution is -0.140. The second-order valence-electron chi connectivity index (χ2n) is 14.2. The van der Waals surface area contributed by atoms with Crippen molar-refractivity contribution in [2.45, 2.75) is 51.1 Å². The molecule has 1 aliphatic heterocycles. The maximum atomic E-state index is 13.6. The molecular weight excluding hydrogens is 771 g/mol. The number of carboxylic acids is 1. The Morgan fingerprint density at radius 2 is 1.58 bits per heavy atom. The third-order valence-electron chi connectivity index (χ3n) is 9.87.